The van der Waals surface area contributed by atoms with E-state index in [4.69, 9.17) is 10.6 Å². The molecule has 28 heavy (non-hydrogen) atoms. The van der Waals surface area contributed by atoms with Crippen LogP contribution in [0.15, 0.2) is 47.6 Å². The zero-order valence-corrected chi connectivity index (χ0v) is 16.9. The second kappa shape index (κ2) is 8.79. The SMILES string of the molecule is CCOc1ccc(-c2nnc(SCC(=O)Nc3ccc(C)c(C)c3)n2N)cc1. The van der Waals surface area contributed by atoms with Gasteiger partial charge in [0.15, 0.2) is 5.82 Å². The van der Waals surface area contributed by atoms with Gasteiger partial charge in [0.1, 0.15) is 5.75 Å². The van der Waals surface area contributed by atoms with E-state index in [1.165, 1.54) is 22.0 Å². The summed E-state index contributed by atoms with van der Waals surface area (Å²) in [7, 11) is 0. The zero-order valence-electron chi connectivity index (χ0n) is 16.1. The number of thioether (sulfide) groups is 1. The highest BCUT2D eigenvalue weighted by Crippen LogP contribution is 2.24. The smallest absolute Gasteiger partial charge is 0.234 e. The quantitative estimate of drug-likeness (QED) is 0.469. The maximum atomic E-state index is 12.2. The van der Waals surface area contributed by atoms with Gasteiger partial charge in [0.2, 0.25) is 11.1 Å². The molecule has 1 aromatic heterocycles. The standard InChI is InChI=1S/C20H23N5O2S/c1-4-27-17-9-6-15(7-10-17)19-23-24-20(25(19)21)28-12-18(26)22-16-8-5-13(2)14(3)11-16/h5-11H,4,12,21H2,1-3H3,(H,22,26). The number of rotatable bonds is 7. The largest absolute Gasteiger partial charge is 0.494 e. The van der Waals surface area contributed by atoms with Crippen LogP contribution in [0.2, 0.25) is 0 Å². The number of anilines is 1. The van der Waals surface area contributed by atoms with Gasteiger partial charge in [0.25, 0.3) is 0 Å². The Kier molecular flexibility index (Phi) is 6.20. The van der Waals surface area contributed by atoms with Crippen molar-refractivity contribution in [3.8, 4) is 17.1 Å². The molecule has 3 rings (SSSR count). The number of nitrogens with zero attached hydrogens (tertiary/aromatic N) is 3. The van der Waals surface area contributed by atoms with Gasteiger partial charge in [-0.25, -0.2) is 4.68 Å². The molecule has 0 saturated carbocycles. The first-order chi connectivity index (χ1) is 13.5. The monoisotopic (exact) mass is 397 g/mol. The van der Waals surface area contributed by atoms with E-state index in [1.54, 1.807) is 0 Å². The normalized spacial score (nSPS) is 10.7. The van der Waals surface area contributed by atoms with E-state index in [-0.39, 0.29) is 11.7 Å². The summed E-state index contributed by atoms with van der Waals surface area (Å²) in [6.07, 6.45) is 0. The lowest BCUT2D eigenvalue weighted by atomic mass is 10.1. The molecule has 0 unspecified atom stereocenters. The first-order valence-electron chi connectivity index (χ1n) is 8.91. The highest BCUT2D eigenvalue weighted by molar-refractivity contribution is 7.99. The van der Waals surface area contributed by atoms with Crippen molar-refractivity contribution in [1.82, 2.24) is 14.9 Å². The average molecular weight is 398 g/mol. The molecule has 0 aliphatic heterocycles. The number of carbonyl (C=O) groups is 1. The van der Waals surface area contributed by atoms with Crippen molar-refractivity contribution >= 4 is 23.4 Å². The Labute approximate surface area is 168 Å². The van der Waals surface area contributed by atoms with Crippen LogP contribution in [-0.2, 0) is 4.79 Å². The minimum Gasteiger partial charge on any atom is -0.494 e. The summed E-state index contributed by atoms with van der Waals surface area (Å²) in [6.45, 7) is 6.59. The van der Waals surface area contributed by atoms with Crippen LogP contribution < -0.4 is 15.9 Å². The predicted octanol–water partition coefficient (Wildman–Crippen LogP) is 3.41. The lowest BCUT2D eigenvalue weighted by Gasteiger charge is -2.08. The van der Waals surface area contributed by atoms with Gasteiger partial charge in [-0.05, 0) is 68.3 Å². The topological polar surface area (TPSA) is 95.1 Å². The summed E-state index contributed by atoms with van der Waals surface area (Å²) in [4.78, 5) is 12.2. The second-order valence-electron chi connectivity index (χ2n) is 6.27. The van der Waals surface area contributed by atoms with Crippen molar-refractivity contribution in [2.75, 3.05) is 23.5 Å². The lowest BCUT2D eigenvalue weighted by molar-refractivity contribution is -0.113. The van der Waals surface area contributed by atoms with Crippen molar-refractivity contribution < 1.29 is 9.53 Å². The summed E-state index contributed by atoms with van der Waals surface area (Å²) in [5.74, 6) is 7.49. The summed E-state index contributed by atoms with van der Waals surface area (Å²) < 4.78 is 6.83. The van der Waals surface area contributed by atoms with Gasteiger partial charge in [-0.1, -0.05) is 17.8 Å². The third-order valence-electron chi connectivity index (χ3n) is 4.21. The van der Waals surface area contributed by atoms with E-state index in [0.717, 1.165) is 22.6 Å². The third-order valence-corrected chi connectivity index (χ3v) is 5.15. The Morgan fingerprint density at radius 3 is 2.57 bits per heavy atom. The van der Waals surface area contributed by atoms with Crippen LogP contribution in [-0.4, -0.2) is 33.1 Å². The third kappa shape index (κ3) is 4.64. The van der Waals surface area contributed by atoms with Crippen LogP contribution in [0.3, 0.4) is 0 Å². The zero-order chi connectivity index (χ0) is 20.1. The Morgan fingerprint density at radius 1 is 1.14 bits per heavy atom. The van der Waals surface area contributed by atoms with Crippen LogP contribution in [0.4, 0.5) is 5.69 Å². The molecule has 7 nitrogen and oxygen atoms in total. The number of nitrogens with two attached hydrogens (primary N) is 1. The molecule has 1 heterocycles. The molecule has 0 aliphatic carbocycles. The Balaban J connectivity index is 1.62. The fraction of sp³-hybridized carbons (Fsp3) is 0.250. The highest BCUT2D eigenvalue weighted by atomic mass is 32.2. The van der Waals surface area contributed by atoms with E-state index in [2.05, 4.69) is 15.5 Å². The molecule has 8 heteroatoms. The number of ether oxygens (including phenoxy) is 1. The van der Waals surface area contributed by atoms with E-state index in [1.807, 2.05) is 63.2 Å². The highest BCUT2D eigenvalue weighted by Gasteiger charge is 2.14. The van der Waals surface area contributed by atoms with Gasteiger partial charge in [-0.15, -0.1) is 10.2 Å². The molecular weight excluding hydrogens is 374 g/mol. The lowest BCUT2D eigenvalue weighted by Crippen LogP contribution is -2.16. The number of hydrogen-bond donors (Lipinski definition) is 2. The van der Waals surface area contributed by atoms with Crippen molar-refractivity contribution in [1.29, 1.82) is 0 Å². The van der Waals surface area contributed by atoms with Gasteiger partial charge >= 0.3 is 0 Å². The van der Waals surface area contributed by atoms with E-state index in [9.17, 15) is 4.79 Å². The van der Waals surface area contributed by atoms with Crippen molar-refractivity contribution in [2.24, 2.45) is 0 Å². The molecule has 2 aromatic carbocycles. The number of aromatic nitrogens is 3. The number of benzene rings is 2. The van der Waals surface area contributed by atoms with Gasteiger partial charge in [-0.2, -0.15) is 0 Å². The maximum Gasteiger partial charge on any atom is 0.234 e. The number of carbonyl (C=O) groups excluding carboxylic acids is 1. The maximum absolute atomic E-state index is 12.2. The van der Waals surface area contributed by atoms with E-state index < -0.39 is 0 Å². The molecule has 0 bridgehead atoms. The molecule has 0 fully saturated rings. The summed E-state index contributed by atoms with van der Waals surface area (Å²) in [6, 6.07) is 13.3. The number of nitrogen functional groups attached to an aromatic ring is 1. The Hall–Kier alpha value is -3.00. The van der Waals surface area contributed by atoms with Crippen molar-refractivity contribution in [2.45, 2.75) is 25.9 Å². The molecule has 146 valence electrons. The summed E-state index contributed by atoms with van der Waals surface area (Å²) in [5.41, 5.74) is 3.92. The summed E-state index contributed by atoms with van der Waals surface area (Å²) >= 11 is 1.24. The molecule has 0 spiro atoms. The molecule has 0 aliphatic rings. The Morgan fingerprint density at radius 2 is 1.89 bits per heavy atom. The average Bonchev–Trinajstić information content (AvgIpc) is 3.04. The van der Waals surface area contributed by atoms with Crippen LogP contribution >= 0.6 is 11.8 Å². The molecule has 3 aromatic rings. The molecule has 3 N–H and O–H groups in total. The van der Waals surface area contributed by atoms with Gasteiger partial charge in [0.05, 0.1) is 12.4 Å². The van der Waals surface area contributed by atoms with Gasteiger partial charge in [-0.3, -0.25) is 4.79 Å². The molecule has 0 atom stereocenters. The minimum atomic E-state index is -0.126. The minimum absolute atomic E-state index is 0.126. The van der Waals surface area contributed by atoms with Crippen LogP contribution in [0, 0.1) is 13.8 Å². The van der Waals surface area contributed by atoms with Crippen molar-refractivity contribution in [3.05, 3.63) is 53.6 Å². The van der Waals surface area contributed by atoms with Crippen molar-refractivity contribution in [3.63, 3.8) is 0 Å². The van der Waals surface area contributed by atoms with Crippen LogP contribution in [0.5, 0.6) is 5.75 Å². The first-order valence-corrected chi connectivity index (χ1v) is 9.90. The van der Waals surface area contributed by atoms with E-state index >= 15 is 0 Å². The van der Waals surface area contributed by atoms with Crippen LogP contribution in [0.25, 0.3) is 11.4 Å². The first kappa shape index (κ1) is 19.8. The number of hydrogen-bond acceptors (Lipinski definition) is 6. The van der Waals surface area contributed by atoms with Crippen LogP contribution in [0.1, 0.15) is 18.1 Å². The van der Waals surface area contributed by atoms with Gasteiger partial charge < -0.3 is 15.9 Å². The fourth-order valence-corrected chi connectivity index (χ4v) is 3.24. The Bertz CT molecular complexity index is 969. The second-order valence-corrected chi connectivity index (χ2v) is 7.21. The molecular formula is C20H23N5O2S. The van der Waals surface area contributed by atoms with E-state index in [0.29, 0.717) is 17.6 Å². The number of nitrogens with one attached hydrogen (secondary N) is 1. The number of amides is 1. The molecule has 1 amide bonds. The van der Waals surface area contributed by atoms with Gasteiger partial charge in [0, 0.05) is 11.3 Å². The fourth-order valence-electron chi connectivity index (χ4n) is 2.59. The molecule has 0 saturated heterocycles. The predicted molar refractivity (Wildman–Crippen MR) is 112 cm³/mol. The number of aryl methyl sites for hydroxylation is 2. The molecule has 0 radical (unpaired) electrons. The summed E-state index contributed by atoms with van der Waals surface area (Å²) in [5, 5.41) is 11.6.